The second-order valence-corrected chi connectivity index (χ2v) is 25.5. The molecule has 0 aromatic heterocycles. The molecule has 0 radical (unpaired) electrons. The third-order valence-corrected chi connectivity index (χ3v) is 24.0. The Morgan fingerprint density at radius 1 is 0.893 bits per heavy atom. The Morgan fingerprint density at radius 2 is 1.36 bits per heavy atom. The molecule has 182 valence electrons. The Hall–Kier alpha value is 0.924. The summed E-state index contributed by atoms with van der Waals surface area (Å²) in [6.07, 6.45) is 1.15. The Balaban J connectivity index is -0.000000126. The van der Waals surface area contributed by atoms with Crippen LogP contribution in [0, 0.1) is 0 Å². The summed E-state index contributed by atoms with van der Waals surface area (Å²) in [4.78, 5) is 0. The second kappa shape index (κ2) is 17.6. The van der Waals surface area contributed by atoms with Gasteiger partial charge in [-0.3, -0.25) is 0 Å². The molecule has 0 aromatic carbocycles. The van der Waals surface area contributed by atoms with Gasteiger partial charge in [-0.25, -0.2) is 0 Å². The van der Waals surface area contributed by atoms with E-state index in [4.69, 9.17) is 16.8 Å². The lowest BCUT2D eigenvalue weighted by atomic mass is 10.5. The van der Waals surface area contributed by atoms with Crippen LogP contribution in [0.2, 0.25) is 64.1 Å². The molecule has 0 bridgehead atoms. The minimum absolute atomic E-state index is 0. The third-order valence-electron chi connectivity index (χ3n) is 3.58. The highest BCUT2D eigenvalue weighted by Gasteiger charge is 2.47. The highest BCUT2D eigenvalue weighted by Crippen LogP contribution is 2.32. The van der Waals surface area contributed by atoms with Gasteiger partial charge in [-0.1, -0.05) is 58.5 Å². The van der Waals surface area contributed by atoms with Crippen molar-refractivity contribution in [3.63, 3.8) is 0 Å². The lowest BCUT2D eigenvalue weighted by molar-refractivity contribution is 0.257. The van der Waals surface area contributed by atoms with Crippen molar-refractivity contribution in [2.24, 2.45) is 0 Å². The Morgan fingerprint density at radius 3 is 1.79 bits per heavy atom. The van der Waals surface area contributed by atoms with Crippen LogP contribution in [0.3, 0.4) is 0 Å². The molecule has 0 spiro atoms. The Bertz CT molecular complexity index is 355. The van der Waals surface area contributed by atoms with Crippen LogP contribution >= 0.6 is 0 Å². The zero-order valence-electron chi connectivity index (χ0n) is 15.2. The predicted octanol–water partition coefficient (Wildman–Crippen LogP) is 7.76. The van der Waals surface area contributed by atoms with Gasteiger partial charge in [0.15, 0.2) is 16.6 Å². The van der Waals surface area contributed by atoms with Crippen molar-refractivity contribution in [2.75, 3.05) is 6.61 Å². The first-order valence-electron chi connectivity index (χ1n) is 8.07. The van der Waals surface area contributed by atoms with Gasteiger partial charge in [-0.15, -0.1) is 0 Å². The Kier molecular flexibility index (Phi) is 29.5. The van der Waals surface area contributed by atoms with E-state index < -0.39 is 43.5 Å². The minimum Gasteiger partial charge on any atom is -0.442 e. The summed E-state index contributed by atoms with van der Waals surface area (Å²) in [7, 11) is -7.86. The van der Waals surface area contributed by atoms with E-state index in [1.807, 2.05) is 0 Å². The van der Waals surface area contributed by atoms with Crippen LogP contribution in [-0.2, 0) is 16.8 Å². The van der Waals surface area contributed by atoms with Crippen molar-refractivity contribution in [3.8, 4) is 0 Å². The van der Waals surface area contributed by atoms with Crippen LogP contribution < -0.4 is 0 Å². The van der Waals surface area contributed by atoms with Crippen molar-refractivity contribution >= 4 is 43.5 Å². The smallest absolute Gasteiger partial charge is 0.324 e. The maximum Gasteiger partial charge on any atom is 0.324 e. The van der Waals surface area contributed by atoms with Gasteiger partial charge in [0.2, 0.25) is 0 Å². The SMILES string of the molecule is C.C.C.C.C.C.C.C[SiH2]O[Si](C)(C)O[Si](C)(C)C[Si]1(C)OCCC[Si](C)(C)O1. The first kappa shape index (κ1) is 46.9. The van der Waals surface area contributed by atoms with Crippen LogP contribution in [0.5, 0.6) is 0 Å². The fraction of sp³-hybridized carbons (Fsp3) is 1.00. The van der Waals surface area contributed by atoms with E-state index >= 15 is 0 Å². The summed E-state index contributed by atoms with van der Waals surface area (Å²) < 4.78 is 25.3. The molecule has 1 saturated heterocycles. The van der Waals surface area contributed by atoms with Gasteiger partial charge in [-0.05, 0) is 58.3 Å². The summed E-state index contributed by atoms with van der Waals surface area (Å²) in [5.41, 5.74) is 1.02. The maximum absolute atomic E-state index is 6.59. The maximum atomic E-state index is 6.59. The molecule has 28 heavy (non-hydrogen) atoms. The van der Waals surface area contributed by atoms with Gasteiger partial charge in [0, 0.05) is 12.3 Å². The van der Waals surface area contributed by atoms with Crippen LogP contribution in [0.25, 0.3) is 0 Å². The van der Waals surface area contributed by atoms with Crippen LogP contribution in [-0.4, -0.2) is 50.1 Å². The molecule has 0 aromatic rings. The standard InChI is InChI=1S/C12H34O4Si5.7CH4/c1-17-14-20(6,7)15-19(4,5)12-21(8)13-10-9-11-18(2,3)16-21;;;;;;;/h9-12,17H2,1-8H3;7*1H4. The molecule has 1 heterocycles. The fourth-order valence-electron chi connectivity index (χ4n) is 3.39. The quantitative estimate of drug-likeness (QED) is 0.353. The zero-order chi connectivity index (χ0) is 16.4. The molecule has 0 N–H and O–H groups in total. The van der Waals surface area contributed by atoms with Crippen LogP contribution in [0.1, 0.15) is 58.4 Å². The summed E-state index contributed by atoms with van der Waals surface area (Å²) in [6, 6.07) is 1.21. The van der Waals surface area contributed by atoms with Crippen LogP contribution in [0.15, 0.2) is 0 Å². The summed E-state index contributed by atoms with van der Waals surface area (Å²) in [6.45, 7) is 18.9. The average molecular weight is 495 g/mol. The van der Waals surface area contributed by atoms with E-state index in [0.717, 1.165) is 18.7 Å². The van der Waals surface area contributed by atoms with E-state index in [1.54, 1.807) is 0 Å². The minimum atomic E-state index is -2.10. The molecule has 9 heteroatoms. The lowest BCUT2D eigenvalue weighted by Crippen LogP contribution is -2.55. The van der Waals surface area contributed by atoms with Gasteiger partial charge in [0.1, 0.15) is 9.76 Å². The van der Waals surface area contributed by atoms with Gasteiger partial charge in [0.05, 0.1) is 0 Å². The molecule has 1 atom stereocenters. The molecule has 1 aliphatic rings. The lowest BCUT2D eigenvalue weighted by Gasteiger charge is -2.39. The molecule has 0 saturated carbocycles. The highest BCUT2D eigenvalue weighted by atomic mass is 28.5. The van der Waals surface area contributed by atoms with Gasteiger partial charge >= 0.3 is 17.1 Å². The number of hydrogen-bond acceptors (Lipinski definition) is 4. The molecular weight excluding hydrogens is 433 g/mol. The topological polar surface area (TPSA) is 36.9 Å². The fourth-order valence-corrected chi connectivity index (χ4v) is 27.6. The van der Waals surface area contributed by atoms with E-state index in [-0.39, 0.29) is 52.0 Å². The van der Waals surface area contributed by atoms with Crippen molar-refractivity contribution in [1.29, 1.82) is 0 Å². The predicted molar refractivity (Wildman–Crippen MR) is 149 cm³/mol. The number of hydrogen-bond donors (Lipinski definition) is 0. The molecule has 0 aliphatic carbocycles. The van der Waals surface area contributed by atoms with E-state index in [1.165, 1.54) is 6.04 Å². The highest BCUT2D eigenvalue weighted by molar-refractivity contribution is 6.94. The monoisotopic (exact) mass is 494 g/mol. The Labute approximate surface area is 189 Å². The molecule has 0 amide bonds. The van der Waals surface area contributed by atoms with E-state index in [0.29, 0.717) is 0 Å². The zero-order valence-corrected chi connectivity index (χ0v) is 20.6. The molecule has 1 fully saturated rings. The number of rotatable bonds is 6. The first-order valence-corrected chi connectivity index (χ1v) is 21.6. The molecule has 1 aliphatic heterocycles. The average Bonchev–Trinajstić information content (AvgIpc) is 2.32. The van der Waals surface area contributed by atoms with E-state index in [9.17, 15) is 0 Å². The van der Waals surface area contributed by atoms with Crippen LogP contribution in [0.4, 0.5) is 0 Å². The van der Waals surface area contributed by atoms with Crippen molar-refractivity contribution in [3.05, 3.63) is 0 Å². The third kappa shape index (κ3) is 17.8. The van der Waals surface area contributed by atoms with E-state index in [2.05, 4.69) is 52.4 Å². The second-order valence-electron chi connectivity index (χ2n) is 7.82. The van der Waals surface area contributed by atoms with Gasteiger partial charge < -0.3 is 16.8 Å². The molecule has 4 nitrogen and oxygen atoms in total. The molecule has 1 rings (SSSR count). The van der Waals surface area contributed by atoms with Gasteiger partial charge in [-0.2, -0.15) is 0 Å². The summed E-state index contributed by atoms with van der Waals surface area (Å²) in [5, 5.41) is 0. The first-order chi connectivity index (χ1) is 9.39. The van der Waals surface area contributed by atoms with Crippen molar-refractivity contribution < 1.29 is 16.8 Å². The largest absolute Gasteiger partial charge is 0.442 e. The summed E-state index contributed by atoms with van der Waals surface area (Å²) >= 11 is 0. The normalized spacial score (nSPS) is 21.0. The molecular formula is C19H62O4Si5. The summed E-state index contributed by atoms with van der Waals surface area (Å²) in [5.74, 6) is 0. The van der Waals surface area contributed by atoms with Crippen molar-refractivity contribution in [2.45, 2.75) is 122 Å². The molecule has 1 unspecified atom stereocenters. The van der Waals surface area contributed by atoms with Gasteiger partial charge in [0.25, 0.3) is 0 Å². The van der Waals surface area contributed by atoms with Crippen molar-refractivity contribution in [1.82, 2.24) is 0 Å².